The average molecular weight is 251 g/mol. The number of nitrogens with one attached hydrogen (secondary N) is 1. The summed E-state index contributed by atoms with van der Waals surface area (Å²) < 4.78 is 4.99. The lowest BCUT2D eigenvalue weighted by Gasteiger charge is -2.06. The number of ether oxygens (including phenoxy) is 1. The van der Waals surface area contributed by atoms with E-state index in [4.69, 9.17) is 16.2 Å². The van der Waals surface area contributed by atoms with Crippen LogP contribution < -0.4 is 21.5 Å². The Morgan fingerprint density at radius 2 is 2.06 bits per heavy atom. The normalized spacial score (nSPS) is 10.6. The Hall–Kier alpha value is -2.77. The molecule has 0 aliphatic carbocycles. The van der Waals surface area contributed by atoms with Crippen molar-refractivity contribution in [3.63, 3.8) is 0 Å². The van der Waals surface area contributed by atoms with Gasteiger partial charge in [0.15, 0.2) is 5.96 Å². The molecule has 0 saturated heterocycles. The standard InChI is InChI=1S/C10H13N5O3/c1-18-8-4-2-7(3-5-8)13-9(6-15(16)17)14-10(11)12/h2-6,13H,1H3,(H4,11,12,14)/b9-6+. The molecular formula is C10H13N5O3. The Kier molecular flexibility index (Phi) is 4.50. The van der Waals surface area contributed by atoms with Crippen LogP contribution in [0.2, 0.25) is 0 Å². The van der Waals surface area contributed by atoms with Gasteiger partial charge in [-0.1, -0.05) is 0 Å². The van der Waals surface area contributed by atoms with Crippen LogP contribution in [0.5, 0.6) is 5.75 Å². The zero-order valence-electron chi connectivity index (χ0n) is 9.66. The molecule has 18 heavy (non-hydrogen) atoms. The van der Waals surface area contributed by atoms with Crippen molar-refractivity contribution in [1.82, 2.24) is 0 Å². The van der Waals surface area contributed by atoms with Crippen LogP contribution in [0.25, 0.3) is 0 Å². The fraction of sp³-hybridized carbons (Fsp3) is 0.100. The Morgan fingerprint density at radius 3 is 2.50 bits per heavy atom. The van der Waals surface area contributed by atoms with Gasteiger partial charge in [-0.05, 0) is 24.3 Å². The number of hydrogen-bond donors (Lipinski definition) is 3. The lowest BCUT2D eigenvalue weighted by molar-refractivity contribution is -0.403. The maximum atomic E-state index is 10.4. The van der Waals surface area contributed by atoms with Gasteiger partial charge in [0.1, 0.15) is 5.75 Å². The lowest BCUT2D eigenvalue weighted by atomic mass is 10.3. The first kappa shape index (κ1) is 13.3. The van der Waals surface area contributed by atoms with Crippen LogP contribution in [0, 0.1) is 10.1 Å². The minimum atomic E-state index is -0.654. The van der Waals surface area contributed by atoms with E-state index in [1.54, 1.807) is 31.4 Å². The maximum absolute atomic E-state index is 10.4. The van der Waals surface area contributed by atoms with Crippen LogP contribution in [0.15, 0.2) is 41.3 Å². The van der Waals surface area contributed by atoms with Crippen molar-refractivity contribution in [2.75, 3.05) is 12.4 Å². The number of aliphatic imine (C=N–C) groups is 1. The zero-order chi connectivity index (χ0) is 13.5. The van der Waals surface area contributed by atoms with Gasteiger partial charge in [0, 0.05) is 5.69 Å². The van der Waals surface area contributed by atoms with Gasteiger partial charge in [-0.2, -0.15) is 4.99 Å². The SMILES string of the molecule is COc1ccc(N/C(=C\[N+](=O)[O-])N=C(N)N)cc1. The summed E-state index contributed by atoms with van der Waals surface area (Å²) >= 11 is 0. The molecule has 0 unspecified atom stereocenters. The summed E-state index contributed by atoms with van der Waals surface area (Å²) in [6.07, 6.45) is 0.671. The molecule has 0 fully saturated rings. The van der Waals surface area contributed by atoms with Gasteiger partial charge in [0.2, 0.25) is 5.82 Å². The monoisotopic (exact) mass is 251 g/mol. The van der Waals surface area contributed by atoms with Crippen molar-refractivity contribution in [1.29, 1.82) is 0 Å². The maximum Gasteiger partial charge on any atom is 0.276 e. The third-order valence-electron chi connectivity index (χ3n) is 1.84. The van der Waals surface area contributed by atoms with Gasteiger partial charge < -0.3 is 21.5 Å². The third kappa shape index (κ3) is 4.39. The second-order valence-electron chi connectivity index (χ2n) is 3.19. The molecule has 8 nitrogen and oxygen atoms in total. The van der Waals surface area contributed by atoms with Crippen molar-refractivity contribution >= 4 is 11.6 Å². The second kappa shape index (κ2) is 6.09. The van der Waals surface area contributed by atoms with E-state index >= 15 is 0 Å². The number of methoxy groups -OCH3 is 1. The van der Waals surface area contributed by atoms with E-state index < -0.39 is 4.92 Å². The van der Waals surface area contributed by atoms with Crippen LogP contribution in [-0.2, 0) is 0 Å². The van der Waals surface area contributed by atoms with Crippen molar-refractivity contribution < 1.29 is 9.66 Å². The largest absolute Gasteiger partial charge is 0.497 e. The number of rotatable bonds is 5. The smallest absolute Gasteiger partial charge is 0.276 e. The molecule has 0 spiro atoms. The van der Waals surface area contributed by atoms with Crippen LogP contribution in [0.4, 0.5) is 5.69 Å². The highest BCUT2D eigenvalue weighted by Gasteiger charge is 2.03. The number of hydrogen-bond acceptors (Lipinski definition) is 5. The second-order valence-corrected chi connectivity index (χ2v) is 3.19. The summed E-state index contributed by atoms with van der Waals surface area (Å²) in [6, 6.07) is 6.74. The highest BCUT2D eigenvalue weighted by atomic mass is 16.6. The van der Waals surface area contributed by atoms with Crippen molar-refractivity contribution in [3.05, 3.63) is 46.4 Å². The molecule has 0 aliphatic heterocycles. The van der Waals surface area contributed by atoms with E-state index in [0.717, 1.165) is 0 Å². The Balaban J connectivity index is 2.89. The first-order valence-electron chi connectivity index (χ1n) is 4.87. The van der Waals surface area contributed by atoms with Gasteiger partial charge in [0.25, 0.3) is 6.20 Å². The number of nitro groups is 1. The third-order valence-corrected chi connectivity index (χ3v) is 1.84. The topological polar surface area (TPSA) is 129 Å². The van der Waals surface area contributed by atoms with Crippen molar-refractivity contribution in [2.24, 2.45) is 16.5 Å². The summed E-state index contributed by atoms with van der Waals surface area (Å²) in [5.74, 6) is 0.330. The average Bonchev–Trinajstić information content (AvgIpc) is 2.28. The van der Waals surface area contributed by atoms with Gasteiger partial charge in [-0.15, -0.1) is 0 Å². The first-order chi connectivity index (χ1) is 8.51. The number of anilines is 1. The van der Waals surface area contributed by atoms with Crippen molar-refractivity contribution in [2.45, 2.75) is 0 Å². The summed E-state index contributed by atoms with van der Waals surface area (Å²) in [6.45, 7) is 0. The van der Waals surface area contributed by atoms with Gasteiger partial charge in [-0.25, -0.2) is 0 Å². The molecule has 1 rings (SSSR count). The Bertz CT molecular complexity index is 477. The van der Waals surface area contributed by atoms with Crippen LogP contribution in [-0.4, -0.2) is 18.0 Å². The molecule has 1 aromatic carbocycles. The fourth-order valence-electron chi connectivity index (χ4n) is 1.15. The van der Waals surface area contributed by atoms with E-state index in [2.05, 4.69) is 10.3 Å². The van der Waals surface area contributed by atoms with Gasteiger partial charge in [0.05, 0.1) is 12.0 Å². The predicted molar refractivity (Wildman–Crippen MR) is 67.5 cm³/mol. The molecular weight excluding hydrogens is 238 g/mol. The summed E-state index contributed by atoms with van der Waals surface area (Å²) in [5.41, 5.74) is 10.9. The Morgan fingerprint density at radius 1 is 1.44 bits per heavy atom. The van der Waals surface area contributed by atoms with Crippen LogP contribution >= 0.6 is 0 Å². The molecule has 8 heteroatoms. The molecule has 0 aliphatic rings. The first-order valence-corrected chi connectivity index (χ1v) is 4.87. The van der Waals surface area contributed by atoms with Gasteiger partial charge >= 0.3 is 0 Å². The van der Waals surface area contributed by atoms with Crippen LogP contribution in [0.3, 0.4) is 0 Å². The number of guanidine groups is 1. The molecule has 1 aromatic rings. The molecule has 0 atom stereocenters. The highest BCUT2D eigenvalue weighted by molar-refractivity contribution is 5.77. The fourth-order valence-corrected chi connectivity index (χ4v) is 1.15. The molecule has 0 radical (unpaired) electrons. The number of nitrogens with two attached hydrogens (primary N) is 2. The highest BCUT2D eigenvalue weighted by Crippen LogP contribution is 2.16. The summed E-state index contributed by atoms with van der Waals surface area (Å²) in [7, 11) is 1.54. The molecule has 0 aromatic heterocycles. The minimum Gasteiger partial charge on any atom is -0.497 e. The minimum absolute atomic E-state index is 0.0647. The lowest BCUT2D eigenvalue weighted by Crippen LogP contribution is -2.23. The molecule has 0 bridgehead atoms. The van der Waals surface area contributed by atoms with E-state index in [9.17, 15) is 10.1 Å². The summed E-state index contributed by atoms with van der Waals surface area (Å²) in [4.78, 5) is 13.3. The van der Waals surface area contributed by atoms with Crippen molar-refractivity contribution in [3.8, 4) is 5.75 Å². The van der Waals surface area contributed by atoms with E-state index in [-0.39, 0.29) is 11.8 Å². The molecule has 0 heterocycles. The molecule has 0 saturated carbocycles. The molecule has 5 N–H and O–H groups in total. The number of nitrogens with zero attached hydrogens (tertiary/aromatic N) is 2. The van der Waals surface area contributed by atoms with E-state index in [1.807, 2.05) is 0 Å². The molecule has 0 amide bonds. The number of benzene rings is 1. The molecule has 96 valence electrons. The predicted octanol–water partition coefficient (Wildman–Crippen LogP) is 0.456. The van der Waals surface area contributed by atoms with Gasteiger partial charge in [-0.3, -0.25) is 10.1 Å². The van der Waals surface area contributed by atoms with Crippen LogP contribution in [0.1, 0.15) is 0 Å². The summed E-state index contributed by atoms with van der Waals surface area (Å²) in [5, 5.41) is 13.1. The zero-order valence-corrected chi connectivity index (χ0v) is 9.66. The quantitative estimate of drug-likeness (QED) is 0.301. The van der Waals surface area contributed by atoms with E-state index in [1.165, 1.54) is 0 Å². The Labute approximate surface area is 103 Å². The van der Waals surface area contributed by atoms with E-state index in [0.29, 0.717) is 17.6 Å².